The van der Waals surface area contributed by atoms with E-state index in [1.165, 1.54) is 6.07 Å². The van der Waals surface area contributed by atoms with E-state index in [1.54, 1.807) is 12.1 Å². The number of hydrogen-bond donors (Lipinski definition) is 1. The molecule has 0 heterocycles. The molecule has 0 fully saturated rings. The van der Waals surface area contributed by atoms with Crippen molar-refractivity contribution in [1.29, 1.82) is 0 Å². The van der Waals surface area contributed by atoms with Crippen molar-refractivity contribution in [3.63, 3.8) is 0 Å². The summed E-state index contributed by atoms with van der Waals surface area (Å²) in [4.78, 5) is 2.09. The first-order valence-electron chi connectivity index (χ1n) is 6.61. The van der Waals surface area contributed by atoms with E-state index in [0.717, 1.165) is 15.6 Å². The zero-order chi connectivity index (χ0) is 15.4. The van der Waals surface area contributed by atoms with Gasteiger partial charge in [0.25, 0.3) is 0 Å². The summed E-state index contributed by atoms with van der Waals surface area (Å²) in [6.45, 7) is 1.08. The summed E-state index contributed by atoms with van der Waals surface area (Å²) in [6, 6.07) is 12.4. The van der Waals surface area contributed by atoms with Crippen LogP contribution in [0.3, 0.4) is 0 Å². The van der Waals surface area contributed by atoms with Crippen molar-refractivity contribution >= 4 is 27.5 Å². The zero-order valence-corrected chi connectivity index (χ0v) is 14.0. The first kappa shape index (κ1) is 16.4. The van der Waals surface area contributed by atoms with Crippen molar-refractivity contribution < 1.29 is 4.39 Å². The van der Waals surface area contributed by atoms with Gasteiger partial charge in [-0.2, -0.15) is 0 Å². The number of nitrogens with two attached hydrogens (primary N) is 1. The molecule has 0 bridgehead atoms. The lowest BCUT2D eigenvalue weighted by Crippen LogP contribution is -2.30. The molecule has 21 heavy (non-hydrogen) atoms. The van der Waals surface area contributed by atoms with Crippen LogP contribution < -0.4 is 5.73 Å². The maximum atomic E-state index is 13.3. The minimum Gasteiger partial charge on any atom is -0.329 e. The van der Waals surface area contributed by atoms with Crippen molar-refractivity contribution in [3.8, 4) is 0 Å². The summed E-state index contributed by atoms with van der Waals surface area (Å²) in [7, 11) is 1.97. The van der Waals surface area contributed by atoms with Crippen molar-refractivity contribution in [3.05, 3.63) is 68.9 Å². The molecule has 2 N–H and O–H groups in total. The Balaban J connectivity index is 2.18. The molecule has 112 valence electrons. The Bertz CT molecular complexity index is 621. The fraction of sp³-hybridized carbons (Fsp3) is 0.250. The van der Waals surface area contributed by atoms with E-state index in [0.29, 0.717) is 18.1 Å². The van der Waals surface area contributed by atoms with Crippen LogP contribution in [0, 0.1) is 5.82 Å². The number of hydrogen-bond acceptors (Lipinski definition) is 2. The number of rotatable bonds is 5. The van der Waals surface area contributed by atoms with Gasteiger partial charge in [-0.1, -0.05) is 29.8 Å². The number of halogens is 3. The normalized spacial score (nSPS) is 12.7. The third kappa shape index (κ3) is 4.27. The highest BCUT2D eigenvalue weighted by atomic mass is 79.9. The molecule has 2 aromatic carbocycles. The van der Waals surface area contributed by atoms with Gasteiger partial charge in [0.05, 0.1) is 5.02 Å². The van der Waals surface area contributed by atoms with Crippen LogP contribution in [-0.2, 0) is 6.54 Å². The van der Waals surface area contributed by atoms with Gasteiger partial charge >= 0.3 is 0 Å². The topological polar surface area (TPSA) is 29.3 Å². The predicted molar refractivity (Wildman–Crippen MR) is 88.8 cm³/mol. The Morgan fingerprint density at radius 1 is 1.29 bits per heavy atom. The molecule has 0 aromatic heterocycles. The van der Waals surface area contributed by atoms with Crippen LogP contribution in [-0.4, -0.2) is 18.5 Å². The summed E-state index contributed by atoms with van der Waals surface area (Å²) in [6.07, 6.45) is 0. The Kier molecular flexibility index (Phi) is 5.76. The lowest BCUT2D eigenvalue weighted by Gasteiger charge is -2.27. The summed E-state index contributed by atoms with van der Waals surface area (Å²) in [5, 5.41) is 0.658. The number of benzene rings is 2. The Hall–Kier alpha value is -0.940. The molecule has 0 aliphatic rings. The fourth-order valence-corrected chi connectivity index (χ4v) is 2.76. The van der Waals surface area contributed by atoms with E-state index in [-0.39, 0.29) is 11.9 Å². The van der Waals surface area contributed by atoms with Gasteiger partial charge in [0, 0.05) is 23.6 Å². The van der Waals surface area contributed by atoms with E-state index < -0.39 is 0 Å². The summed E-state index contributed by atoms with van der Waals surface area (Å²) in [5.41, 5.74) is 7.87. The standard InChI is InChI=1S/C16H17BrClFN2/c1-21(10-11-3-2-4-13(19)7-11)16(9-20)12-5-6-14(17)15(18)8-12/h2-8,16H,9-10,20H2,1H3. The van der Waals surface area contributed by atoms with E-state index in [9.17, 15) is 4.39 Å². The monoisotopic (exact) mass is 370 g/mol. The molecule has 5 heteroatoms. The Morgan fingerprint density at radius 3 is 2.67 bits per heavy atom. The molecule has 1 unspecified atom stereocenters. The molecule has 2 rings (SSSR count). The van der Waals surface area contributed by atoms with Gasteiger partial charge in [-0.15, -0.1) is 0 Å². The van der Waals surface area contributed by atoms with Gasteiger partial charge in [0.15, 0.2) is 0 Å². The molecule has 2 aromatic rings. The molecular formula is C16H17BrClFN2. The molecular weight excluding hydrogens is 355 g/mol. The average molecular weight is 372 g/mol. The van der Waals surface area contributed by atoms with Gasteiger partial charge < -0.3 is 5.73 Å². The van der Waals surface area contributed by atoms with Crippen molar-refractivity contribution in [2.75, 3.05) is 13.6 Å². The third-order valence-electron chi connectivity index (χ3n) is 3.40. The second-order valence-corrected chi connectivity index (χ2v) is 6.23. The number of likely N-dealkylation sites (N-methyl/N-ethyl adjacent to an activating group) is 1. The molecule has 0 amide bonds. The molecule has 0 aliphatic heterocycles. The Labute approximate surface area is 137 Å². The lowest BCUT2D eigenvalue weighted by molar-refractivity contribution is 0.241. The van der Waals surface area contributed by atoms with Crippen molar-refractivity contribution in [1.82, 2.24) is 4.90 Å². The van der Waals surface area contributed by atoms with E-state index >= 15 is 0 Å². The van der Waals surface area contributed by atoms with Crippen LogP contribution in [0.15, 0.2) is 46.9 Å². The van der Waals surface area contributed by atoms with Gasteiger partial charge in [-0.05, 0) is 58.4 Å². The molecule has 0 spiro atoms. The largest absolute Gasteiger partial charge is 0.329 e. The smallest absolute Gasteiger partial charge is 0.123 e. The molecule has 2 nitrogen and oxygen atoms in total. The van der Waals surface area contributed by atoms with Crippen LogP contribution >= 0.6 is 27.5 Å². The maximum Gasteiger partial charge on any atom is 0.123 e. The van der Waals surface area contributed by atoms with Crippen LogP contribution in [0.25, 0.3) is 0 Å². The summed E-state index contributed by atoms with van der Waals surface area (Å²) < 4.78 is 14.1. The third-order valence-corrected chi connectivity index (χ3v) is 4.64. The molecule has 0 aliphatic carbocycles. The van der Waals surface area contributed by atoms with Crippen LogP contribution in [0.5, 0.6) is 0 Å². The molecule has 0 saturated carbocycles. The summed E-state index contributed by atoms with van der Waals surface area (Å²) >= 11 is 9.53. The van der Waals surface area contributed by atoms with Gasteiger partial charge in [0.2, 0.25) is 0 Å². The quantitative estimate of drug-likeness (QED) is 0.845. The molecule has 0 radical (unpaired) electrons. The minimum atomic E-state index is -0.225. The Morgan fingerprint density at radius 2 is 2.05 bits per heavy atom. The SMILES string of the molecule is CN(Cc1cccc(F)c1)C(CN)c1ccc(Br)c(Cl)c1. The van der Waals surface area contributed by atoms with Gasteiger partial charge in [-0.3, -0.25) is 4.90 Å². The van der Waals surface area contributed by atoms with Gasteiger partial charge in [-0.25, -0.2) is 4.39 Å². The second-order valence-electron chi connectivity index (χ2n) is 4.97. The first-order valence-corrected chi connectivity index (χ1v) is 7.78. The van der Waals surface area contributed by atoms with E-state index in [4.69, 9.17) is 17.3 Å². The molecule has 1 atom stereocenters. The highest BCUT2D eigenvalue weighted by Crippen LogP contribution is 2.28. The van der Waals surface area contributed by atoms with E-state index in [2.05, 4.69) is 20.8 Å². The van der Waals surface area contributed by atoms with Crippen molar-refractivity contribution in [2.45, 2.75) is 12.6 Å². The van der Waals surface area contributed by atoms with Crippen LogP contribution in [0.1, 0.15) is 17.2 Å². The zero-order valence-electron chi connectivity index (χ0n) is 11.7. The fourth-order valence-electron chi connectivity index (χ4n) is 2.32. The van der Waals surface area contributed by atoms with Gasteiger partial charge in [0.1, 0.15) is 5.82 Å². The second kappa shape index (κ2) is 7.36. The highest BCUT2D eigenvalue weighted by molar-refractivity contribution is 9.10. The number of nitrogens with zero attached hydrogens (tertiary/aromatic N) is 1. The molecule has 0 saturated heterocycles. The predicted octanol–water partition coefficient (Wildman–Crippen LogP) is 4.37. The van der Waals surface area contributed by atoms with Crippen LogP contribution in [0.4, 0.5) is 4.39 Å². The average Bonchev–Trinajstić information content (AvgIpc) is 2.43. The first-order chi connectivity index (χ1) is 10.0. The maximum absolute atomic E-state index is 13.3. The van der Waals surface area contributed by atoms with Crippen LogP contribution in [0.2, 0.25) is 5.02 Å². The summed E-state index contributed by atoms with van der Waals surface area (Å²) in [5.74, 6) is -0.225. The minimum absolute atomic E-state index is 0.0267. The van der Waals surface area contributed by atoms with Crippen molar-refractivity contribution in [2.24, 2.45) is 5.73 Å². The highest BCUT2D eigenvalue weighted by Gasteiger charge is 2.16. The lowest BCUT2D eigenvalue weighted by atomic mass is 10.0. The van der Waals surface area contributed by atoms with E-state index in [1.807, 2.05) is 31.3 Å².